The fourth-order valence-electron chi connectivity index (χ4n) is 3.17. The molecule has 1 aliphatic rings. The lowest BCUT2D eigenvalue weighted by atomic mass is 10.1. The lowest BCUT2D eigenvalue weighted by Crippen LogP contribution is -2.37. The van der Waals surface area contributed by atoms with E-state index in [9.17, 15) is 4.79 Å². The first-order valence-corrected chi connectivity index (χ1v) is 9.95. The van der Waals surface area contributed by atoms with Gasteiger partial charge in [-0.15, -0.1) is 0 Å². The Morgan fingerprint density at radius 3 is 2.61 bits per heavy atom. The van der Waals surface area contributed by atoms with E-state index in [2.05, 4.69) is 10.2 Å². The second-order valence-corrected chi connectivity index (χ2v) is 7.36. The number of anilines is 2. The van der Waals surface area contributed by atoms with E-state index >= 15 is 0 Å². The maximum Gasteiger partial charge on any atom is 0.255 e. The van der Waals surface area contributed by atoms with Crippen LogP contribution in [-0.2, 0) is 11.3 Å². The number of pyridine rings is 1. The molecule has 150 valence electrons. The number of aromatic nitrogens is 1. The summed E-state index contributed by atoms with van der Waals surface area (Å²) in [5.41, 5.74) is 2.54. The number of hydrogen-bond acceptors (Lipinski definition) is 5. The molecule has 1 N–H and O–H groups in total. The molecular formula is C21H27ClN4O2. The number of carbonyl (C=O) groups excluding carboxylic acids is 1. The molecule has 0 bridgehead atoms. The standard InChI is InChI=1S/C21H27ClN4O2/c1-4-25(3)20-19(21(27)23-14-16-5-7-17(22)8-6-16)15(2)13-18(24-20)26-9-11-28-12-10-26/h5-8,13H,4,9-12,14H2,1-3H3,(H,23,27). The molecule has 0 aliphatic carbocycles. The van der Waals surface area contributed by atoms with Crippen LogP contribution < -0.4 is 15.1 Å². The highest BCUT2D eigenvalue weighted by Crippen LogP contribution is 2.26. The summed E-state index contributed by atoms with van der Waals surface area (Å²) in [5.74, 6) is 1.48. The van der Waals surface area contributed by atoms with Gasteiger partial charge < -0.3 is 19.9 Å². The fourth-order valence-corrected chi connectivity index (χ4v) is 3.30. The molecule has 0 spiro atoms. The van der Waals surface area contributed by atoms with Crippen molar-refractivity contribution in [3.05, 3.63) is 52.0 Å². The molecule has 2 aromatic rings. The largest absolute Gasteiger partial charge is 0.378 e. The van der Waals surface area contributed by atoms with Crippen molar-refractivity contribution < 1.29 is 9.53 Å². The summed E-state index contributed by atoms with van der Waals surface area (Å²) in [7, 11) is 1.96. The van der Waals surface area contributed by atoms with Crippen LogP contribution in [0.5, 0.6) is 0 Å². The van der Waals surface area contributed by atoms with Crippen LogP contribution in [0.1, 0.15) is 28.4 Å². The minimum absolute atomic E-state index is 0.122. The van der Waals surface area contributed by atoms with E-state index in [1.165, 1.54) is 0 Å². The number of halogens is 1. The lowest BCUT2D eigenvalue weighted by molar-refractivity contribution is 0.0950. The summed E-state index contributed by atoms with van der Waals surface area (Å²) in [6, 6.07) is 9.46. The first kappa shape index (κ1) is 20.4. The molecule has 28 heavy (non-hydrogen) atoms. The maximum absolute atomic E-state index is 13.0. The van der Waals surface area contributed by atoms with Gasteiger partial charge in [0.15, 0.2) is 0 Å². The number of amides is 1. The molecule has 0 unspecified atom stereocenters. The second kappa shape index (κ2) is 9.26. The van der Waals surface area contributed by atoms with Gasteiger partial charge in [-0.25, -0.2) is 4.98 Å². The van der Waals surface area contributed by atoms with Crippen LogP contribution in [-0.4, -0.2) is 50.8 Å². The quantitative estimate of drug-likeness (QED) is 0.803. The highest BCUT2D eigenvalue weighted by atomic mass is 35.5. The third-order valence-electron chi connectivity index (χ3n) is 4.95. The van der Waals surface area contributed by atoms with Crippen LogP contribution in [0.2, 0.25) is 5.02 Å². The highest BCUT2D eigenvalue weighted by molar-refractivity contribution is 6.30. The zero-order valence-electron chi connectivity index (χ0n) is 16.7. The Kier molecular flexibility index (Phi) is 6.75. The first-order valence-electron chi connectivity index (χ1n) is 9.57. The van der Waals surface area contributed by atoms with E-state index in [1.54, 1.807) is 0 Å². The molecule has 6 nitrogen and oxygen atoms in total. The molecule has 1 saturated heterocycles. The lowest BCUT2D eigenvalue weighted by Gasteiger charge is -2.30. The smallest absolute Gasteiger partial charge is 0.255 e. The van der Waals surface area contributed by atoms with E-state index in [0.717, 1.165) is 36.6 Å². The van der Waals surface area contributed by atoms with Gasteiger partial charge >= 0.3 is 0 Å². The average molecular weight is 403 g/mol. The molecule has 1 aromatic carbocycles. The Bertz CT molecular complexity index is 820. The molecule has 2 heterocycles. The van der Waals surface area contributed by atoms with Crippen LogP contribution in [0.15, 0.2) is 30.3 Å². The zero-order chi connectivity index (χ0) is 20.1. The number of carbonyl (C=O) groups is 1. The molecule has 0 atom stereocenters. The normalized spacial score (nSPS) is 14.1. The number of hydrogen-bond donors (Lipinski definition) is 1. The van der Waals surface area contributed by atoms with Crippen molar-refractivity contribution in [1.82, 2.24) is 10.3 Å². The van der Waals surface area contributed by atoms with Crippen LogP contribution in [0.25, 0.3) is 0 Å². The van der Waals surface area contributed by atoms with Gasteiger partial charge in [0.2, 0.25) is 0 Å². The summed E-state index contributed by atoms with van der Waals surface area (Å²) in [6.45, 7) is 8.23. The predicted octanol–water partition coefficient (Wildman–Crippen LogP) is 3.27. The molecule has 1 aliphatic heterocycles. The molecule has 0 radical (unpaired) electrons. The molecule has 1 fully saturated rings. The fraction of sp³-hybridized carbons (Fsp3) is 0.429. The maximum atomic E-state index is 13.0. The van der Waals surface area contributed by atoms with Crippen molar-refractivity contribution in [3.63, 3.8) is 0 Å². The second-order valence-electron chi connectivity index (χ2n) is 6.92. The average Bonchev–Trinajstić information content (AvgIpc) is 2.72. The number of morpholine rings is 1. The van der Waals surface area contributed by atoms with Crippen molar-refractivity contribution >= 4 is 29.1 Å². The molecule has 3 rings (SSSR count). The molecular weight excluding hydrogens is 376 g/mol. The Balaban J connectivity index is 1.85. The minimum atomic E-state index is -0.122. The Morgan fingerprint density at radius 1 is 1.29 bits per heavy atom. The van der Waals surface area contributed by atoms with Gasteiger partial charge in [0.1, 0.15) is 11.6 Å². The van der Waals surface area contributed by atoms with Gasteiger partial charge in [0, 0.05) is 38.2 Å². The Morgan fingerprint density at radius 2 is 1.96 bits per heavy atom. The third kappa shape index (κ3) is 4.75. The van der Waals surface area contributed by atoms with Gasteiger partial charge in [-0.1, -0.05) is 23.7 Å². The van der Waals surface area contributed by atoms with Crippen molar-refractivity contribution in [2.24, 2.45) is 0 Å². The van der Waals surface area contributed by atoms with Crippen LogP contribution in [0.4, 0.5) is 11.6 Å². The van der Waals surface area contributed by atoms with Crippen molar-refractivity contribution in [2.75, 3.05) is 49.7 Å². The van der Waals surface area contributed by atoms with Gasteiger partial charge in [0.05, 0.1) is 18.8 Å². The van der Waals surface area contributed by atoms with Gasteiger partial charge in [0.25, 0.3) is 5.91 Å². The topological polar surface area (TPSA) is 57.7 Å². The summed E-state index contributed by atoms with van der Waals surface area (Å²) in [6.07, 6.45) is 0. The number of nitrogens with zero attached hydrogens (tertiary/aromatic N) is 3. The Labute approximate surface area is 171 Å². The van der Waals surface area contributed by atoms with Crippen LogP contribution in [0.3, 0.4) is 0 Å². The number of ether oxygens (including phenoxy) is 1. The van der Waals surface area contributed by atoms with Crippen LogP contribution >= 0.6 is 11.6 Å². The molecule has 1 amide bonds. The summed E-state index contributed by atoms with van der Waals surface area (Å²) >= 11 is 5.93. The van der Waals surface area contributed by atoms with Crippen molar-refractivity contribution in [3.8, 4) is 0 Å². The SMILES string of the molecule is CCN(C)c1nc(N2CCOCC2)cc(C)c1C(=O)NCc1ccc(Cl)cc1. The van der Waals surface area contributed by atoms with E-state index in [4.69, 9.17) is 21.3 Å². The zero-order valence-corrected chi connectivity index (χ0v) is 17.4. The van der Waals surface area contributed by atoms with E-state index in [1.807, 2.05) is 56.1 Å². The number of rotatable bonds is 6. The summed E-state index contributed by atoms with van der Waals surface area (Å²) in [4.78, 5) is 22.0. The summed E-state index contributed by atoms with van der Waals surface area (Å²) in [5, 5.41) is 3.69. The minimum Gasteiger partial charge on any atom is -0.378 e. The molecule has 0 saturated carbocycles. The van der Waals surface area contributed by atoms with Gasteiger partial charge in [-0.3, -0.25) is 4.79 Å². The number of aryl methyl sites for hydroxylation is 1. The summed E-state index contributed by atoms with van der Waals surface area (Å²) < 4.78 is 5.44. The van der Waals surface area contributed by atoms with E-state index in [0.29, 0.717) is 36.2 Å². The monoisotopic (exact) mass is 402 g/mol. The first-order chi connectivity index (χ1) is 13.5. The van der Waals surface area contributed by atoms with Gasteiger partial charge in [-0.2, -0.15) is 0 Å². The molecule has 7 heteroatoms. The third-order valence-corrected chi connectivity index (χ3v) is 5.20. The number of benzene rings is 1. The predicted molar refractivity (Wildman–Crippen MR) is 114 cm³/mol. The van der Waals surface area contributed by atoms with Crippen molar-refractivity contribution in [1.29, 1.82) is 0 Å². The Hall–Kier alpha value is -2.31. The van der Waals surface area contributed by atoms with E-state index < -0.39 is 0 Å². The van der Waals surface area contributed by atoms with Gasteiger partial charge in [-0.05, 0) is 43.2 Å². The highest BCUT2D eigenvalue weighted by Gasteiger charge is 2.22. The molecule has 1 aromatic heterocycles. The van der Waals surface area contributed by atoms with Crippen LogP contribution in [0, 0.1) is 6.92 Å². The van der Waals surface area contributed by atoms with E-state index in [-0.39, 0.29) is 5.91 Å². The van der Waals surface area contributed by atoms with Crippen molar-refractivity contribution in [2.45, 2.75) is 20.4 Å². The number of nitrogens with one attached hydrogen (secondary N) is 1.